The number of hydrogen-bond acceptors (Lipinski definition) is 3. The predicted octanol–water partition coefficient (Wildman–Crippen LogP) is 3.54. The summed E-state index contributed by atoms with van der Waals surface area (Å²) in [7, 11) is 0. The molecule has 1 N–H and O–H groups in total. The summed E-state index contributed by atoms with van der Waals surface area (Å²) in [5, 5.41) is 3.09. The van der Waals surface area contributed by atoms with E-state index in [1.165, 1.54) is 6.07 Å². The van der Waals surface area contributed by atoms with Gasteiger partial charge in [0, 0.05) is 24.8 Å². The molecule has 3 rings (SSSR count). The molecule has 132 valence electrons. The van der Waals surface area contributed by atoms with Gasteiger partial charge in [-0.15, -0.1) is 0 Å². The maximum absolute atomic E-state index is 14.2. The smallest absolute Gasteiger partial charge is 0.253 e. The van der Waals surface area contributed by atoms with Gasteiger partial charge in [0.05, 0.1) is 16.9 Å². The molecule has 1 fully saturated rings. The van der Waals surface area contributed by atoms with Gasteiger partial charge in [-0.25, -0.2) is 4.39 Å². The van der Waals surface area contributed by atoms with E-state index in [4.69, 9.17) is 0 Å². The standard InChI is InChI=1S/C20H24FN3O/c1-13-6-9-18(21)19(11-13)24-10-4-5-16(12-24)23-20(25)17-8-7-14(2)22-15(17)3/h6-9,11,16H,4-5,10,12H2,1-3H3,(H,23,25). The Bertz CT molecular complexity index is 791. The van der Waals surface area contributed by atoms with Crippen molar-refractivity contribution < 1.29 is 9.18 Å². The van der Waals surface area contributed by atoms with E-state index in [1.54, 1.807) is 6.07 Å². The van der Waals surface area contributed by atoms with Gasteiger partial charge in [-0.3, -0.25) is 9.78 Å². The SMILES string of the molecule is Cc1ccc(F)c(N2CCCC(NC(=O)c3ccc(C)nc3C)C2)c1. The second-order valence-corrected chi connectivity index (χ2v) is 6.80. The second-order valence-electron chi connectivity index (χ2n) is 6.80. The molecule has 0 spiro atoms. The molecule has 1 saturated heterocycles. The summed E-state index contributed by atoms with van der Waals surface area (Å²) in [5.41, 5.74) is 3.88. The van der Waals surface area contributed by atoms with Gasteiger partial charge in [0.2, 0.25) is 0 Å². The normalized spacial score (nSPS) is 17.4. The van der Waals surface area contributed by atoms with Crippen molar-refractivity contribution in [3.8, 4) is 0 Å². The number of piperidine rings is 1. The monoisotopic (exact) mass is 341 g/mol. The maximum atomic E-state index is 14.2. The lowest BCUT2D eigenvalue weighted by Crippen LogP contribution is -2.48. The number of aromatic nitrogens is 1. The Morgan fingerprint density at radius 3 is 2.80 bits per heavy atom. The van der Waals surface area contributed by atoms with E-state index in [0.29, 0.717) is 17.8 Å². The van der Waals surface area contributed by atoms with Gasteiger partial charge in [0.1, 0.15) is 5.82 Å². The van der Waals surface area contributed by atoms with Crippen LogP contribution in [0.5, 0.6) is 0 Å². The third-order valence-electron chi connectivity index (χ3n) is 4.67. The highest BCUT2D eigenvalue weighted by Gasteiger charge is 2.24. The lowest BCUT2D eigenvalue weighted by Gasteiger charge is -2.35. The van der Waals surface area contributed by atoms with E-state index in [9.17, 15) is 9.18 Å². The minimum absolute atomic E-state index is 0.00173. The first kappa shape index (κ1) is 17.4. The summed E-state index contributed by atoms with van der Waals surface area (Å²) < 4.78 is 14.2. The lowest BCUT2D eigenvalue weighted by atomic mass is 10.0. The molecule has 5 heteroatoms. The Morgan fingerprint density at radius 2 is 2.04 bits per heavy atom. The van der Waals surface area contributed by atoms with Crippen LogP contribution < -0.4 is 10.2 Å². The van der Waals surface area contributed by atoms with E-state index >= 15 is 0 Å². The molecule has 0 saturated carbocycles. The van der Waals surface area contributed by atoms with Crippen molar-refractivity contribution in [3.63, 3.8) is 0 Å². The highest BCUT2D eigenvalue weighted by molar-refractivity contribution is 5.95. The number of halogens is 1. The lowest BCUT2D eigenvalue weighted by molar-refractivity contribution is 0.0932. The number of carbonyl (C=O) groups is 1. The van der Waals surface area contributed by atoms with Crippen LogP contribution in [0.3, 0.4) is 0 Å². The van der Waals surface area contributed by atoms with E-state index in [0.717, 1.165) is 36.3 Å². The van der Waals surface area contributed by atoms with Gasteiger partial charge < -0.3 is 10.2 Å². The fraction of sp³-hybridized carbons (Fsp3) is 0.400. The molecule has 25 heavy (non-hydrogen) atoms. The minimum atomic E-state index is -0.212. The quantitative estimate of drug-likeness (QED) is 0.929. The van der Waals surface area contributed by atoms with E-state index in [-0.39, 0.29) is 17.8 Å². The van der Waals surface area contributed by atoms with Gasteiger partial charge >= 0.3 is 0 Å². The summed E-state index contributed by atoms with van der Waals surface area (Å²) in [4.78, 5) is 18.9. The molecule has 1 aromatic carbocycles. The molecule has 1 aliphatic heterocycles. The Hall–Kier alpha value is -2.43. The van der Waals surface area contributed by atoms with Gasteiger partial charge in [-0.05, 0) is 63.4 Å². The third kappa shape index (κ3) is 3.98. The first-order chi connectivity index (χ1) is 11.9. The van der Waals surface area contributed by atoms with E-state index in [1.807, 2.05) is 43.9 Å². The van der Waals surface area contributed by atoms with Gasteiger partial charge in [-0.2, -0.15) is 0 Å². The van der Waals surface area contributed by atoms with Gasteiger partial charge in [0.15, 0.2) is 0 Å². The molecule has 2 aromatic rings. The summed E-state index contributed by atoms with van der Waals surface area (Å²) in [6, 6.07) is 8.81. The third-order valence-corrected chi connectivity index (χ3v) is 4.67. The number of nitrogens with one attached hydrogen (secondary N) is 1. The topological polar surface area (TPSA) is 45.2 Å². The fourth-order valence-corrected chi connectivity index (χ4v) is 3.37. The number of carbonyl (C=O) groups excluding carboxylic acids is 1. The van der Waals surface area contributed by atoms with Crippen molar-refractivity contribution in [2.24, 2.45) is 0 Å². The number of amides is 1. The van der Waals surface area contributed by atoms with Crippen LogP contribution in [0.1, 0.15) is 40.2 Å². The molecule has 0 radical (unpaired) electrons. The zero-order valence-corrected chi connectivity index (χ0v) is 15.0. The van der Waals surface area contributed by atoms with Crippen LogP contribution in [-0.2, 0) is 0 Å². The molecule has 0 bridgehead atoms. The van der Waals surface area contributed by atoms with Crippen LogP contribution in [0.25, 0.3) is 0 Å². The van der Waals surface area contributed by atoms with Crippen LogP contribution in [0, 0.1) is 26.6 Å². The number of aryl methyl sites for hydroxylation is 3. The number of benzene rings is 1. The highest BCUT2D eigenvalue weighted by atomic mass is 19.1. The van der Waals surface area contributed by atoms with Crippen LogP contribution in [0.15, 0.2) is 30.3 Å². The zero-order valence-electron chi connectivity index (χ0n) is 15.0. The largest absolute Gasteiger partial charge is 0.367 e. The first-order valence-electron chi connectivity index (χ1n) is 8.70. The number of rotatable bonds is 3. The molecular weight excluding hydrogens is 317 g/mol. The Morgan fingerprint density at radius 1 is 1.24 bits per heavy atom. The van der Waals surface area contributed by atoms with Crippen molar-refractivity contribution in [1.29, 1.82) is 0 Å². The van der Waals surface area contributed by atoms with Crippen molar-refractivity contribution in [2.45, 2.75) is 39.7 Å². The maximum Gasteiger partial charge on any atom is 0.253 e. The number of hydrogen-bond donors (Lipinski definition) is 1. The van der Waals surface area contributed by atoms with Crippen molar-refractivity contribution in [3.05, 3.63) is 58.7 Å². The molecule has 1 amide bonds. The Balaban J connectivity index is 1.71. The molecule has 1 atom stereocenters. The average Bonchev–Trinajstić information content (AvgIpc) is 2.57. The molecule has 2 heterocycles. The molecular formula is C20H24FN3O. The molecule has 0 aliphatic carbocycles. The van der Waals surface area contributed by atoms with Gasteiger partial charge in [-0.1, -0.05) is 6.07 Å². The van der Waals surface area contributed by atoms with Crippen LogP contribution in [-0.4, -0.2) is 30.0 Å². The Labute approximate surface area is 148 Å². The van der Waals surface area contributed by atoms with Gasteiger partial charge in [0.25, 0.3) is 5.91 Å². The number of anilines is 1. The highest BCUT2D eigenvalue weighted by Crippen LogP contribution is 2.24. The molecule has 1 unspecified atom stereocenters. The summed E-state index contributed by atoms with van der Waals surface area (Å²) in [6.07, 6.45) is 1.82. The number of pyridine rings is 1. The van der Waals surface area contributed by atoms with Crippen LogP contribution in [0.2, 0.25) is 0 Å². The average molecular weight is 341 g/mol. The minimum Gasteiger partial charge on any atom is -0.367 e. The summed E-state index contributed by atoms with van der Waals surface area (Å²) in [5.74, 6) is -0.322. The molecule has 1 aliphatic rings. The second kappa shape index (κ2) is 7.21. The summed E-state index contributed by atoms with van der Waals surface area (Å²) >= 11 is 0. The Kier molecular flexibility index (Phi) is 5.02. The predicted molar refractivity (Wildman–Crippen MR) is 97.5 cm³/mol. The number of nitrogens with zero attached hydrogens (tertiary/aromatic N) is 2. The van der Waals surface area contributed by atoms with Crippen molar-refractivity contribution >= 4 is 11.6 Å². The van der Waals surface area contributed by atoms with Crippen molar-refractivity contribution in [2.75, 3.05) is 18.0 Å². The van der Waals surface area contributed by atoms with E-state index < -0.39 is 0 Å². The summed E-state index contributed by atoms with van der Waals surface area (Å²) in [6.45, 7) is 7.13. The fourth-order valence-electron chi connectivity index (χ4n) is 3.37. The zero-order chi connectivity index (χ0) is 18.0. The van der Waals surface area contributed by atoms with Crippen LogP contribution in [0.4, 0.5) is 10.1 Å². The molecule has 4 nitrogen and oxygen atoms in total. The van der Waals surface area contributed by atoms with E-state index in [2.05, 4.69) is 10.3 Å². The first-order valence-corrected chi connectivity index (χ1v) is 8.70. The molecule has 1 aromatic heterocycles. The van der Waals surface area contributed by atoms with Crippen LogP contribution >= 0.6 is 0 Å². The van der Waals surface area contributed by atoms with Crippen molar-refractivity contribution in [1.82, 2.24) is 10.3 Å².